The summed E-state index contributed by atoms with van der Waals surface area (Å²) in [6.07, 6.45) is 3.20. The van der Waals surface area contributed by atoms with Crippen LogP contribution >= 0.6 is 0 Å². The average Bonchev–Trinajstić information content (AvgIpc) is 2.45. The molecule has 4 nitrogen and oxygen atoms in total. The summed E-state index contributed by atoms with van der Waals surface area (Å²) in [5, 5.41) is 2.92. The van der Waals surface area contributed by atoms with Gasteiger partial charge in [0.25, 0.3) is 0 Å². The van der Waals surface area contributed by atoms with Crippen LogP contribution in [0, 0.1) is 5.41 Å². The van der Waals surface area contributed by atoms with Crippen molar-refractivity contribution in [1.82, 2.24) is 5.32 Å². The molecular weight excluding hydrogens is 322 g/mol. The molecular formula is C19H31NO3S. The monoisotopic (exact) mass is 353 g/mol. The zero-order valence-corrected chi connectivity index (χ0v) is 16.2. The van der Waals surface area contributed by atoms with Crippen LogP contribution in [0.25, 0.3) is 0 Å². The Morgan fingerprint density at radius 3 is 2.29 bits per heavy atom. The molecule has 0 aromatic heterocycles. The van der Waals surface area contributed by atoms with Crippen LogP contribution in [0.1, 0.15) is 65.0 Å². The number of unbranched alkanes of at least 4 members (excludes halogenated alkanes) is 2. The van der Waals surface area contributed by atoms with Gasteiger partial charge >= 0.3 is 0 Å². The highest BCUT2D eigenvalue weighted by atomic mass is 32.2. The highest BCUT2D eigenvalue weighted by molar-refractivity contribution is 7.92. The van der Waals surface area contributed by atoms with Crippen molar-refractivity contribution >= 4 is 15.7 Å². The fourth-order valence-electron chi connectivity index (χ4n) is 2.63. The maximum atomic E-state index is 12.3. The third-order valence-corrected chi connectivity index (χ3v) is 5.38. The first-order chi connectivity index (χ1) is 11.1. The van der Waals surface area contributed by atoms with Gasteiger partial charge in [0.2, 0.25) is 5.91 Å². The Hall–Kier alpha value is -1.36. The van der Waals surface area contributed by atoms with Gasteiger partial charge in [0, 0.05) is 0 Å². The summed E-state index contributed by atoms with van der Waals surface area (Å²) >= 11 is 0. The van der Waals surface area contributed by atoms with Crippen LogP contribution in [0.4, 0.5) is 0 Å². The van der Waals surface area contributed by atoms with Crippen molar-refractivity contribution in [3.63, 3.8) is 0 Å². The van der Waals surface area contributed by atoms with Gasteiger partial charge in [0.1, 0.15) is 5.75 Å². The summed E-state index contributed by atoms with van der Waals surface area (Å²) in [7, 11) is -3.34. The predicted molar refractivity (Wildman–Crippen MR) is 99.6 cm³/mol. The topological polar surface area (TPSA) is 63.2 Å². The molecule has 5 heteroatoms. The summed E-state index contributed by atoms with van der Waals surface area (Å²) < 4.78 is 24.1. The lowest BCUT2D eigenvalue weighted by Crippen LogP contribution is -2.36. The second-order valence-corrected chi connectivity index (χ2v) is 9.78. The van der Waals surface area contributed by atoms with E-state index in [1.165, 1.54) is 0 Å². The van der Waals surface area contributed by atoms with E-state index in [0.29, 0.717) is 6.42 Å². The summed E-state index contributed by atoms with van der Waals surface area (Å²) in [5.41, 5.74) is 1.03. The van der Waals surface area contributed by atoms with E-state index in [1.807, 2.05) is 37.3 Å². The number of nitrogens with one attached hydrogen (secondary N) is 1. The molecule has 0 heterocycles. The summed E-state index contributed by atoms with van der Waals surface area (Å²) in [4.78, 5) is 12.3. The predicted octanol–water partition coefficient (Wildman–Crippen LogP) is 3.89. The smallest absolute Gasteiger partial charge is 0.235 e. The Labute approximate surface area is 147 Å². The van der Waals surface area contributed by atoms with Crippen molar-refractivity contribution < 1.29 is 13.2 Å². The minimum absolute atomic E-state index is 0.0216. The maximum Gasteiger partial charge on any atom is 0.235 e. The van der Waals surface area contributed by atoms with E-state index in [0.717, 1.165) is 24.8 Å². The lowest BCUT2D eigenvalue weighted by atomic mass is 9.85. The van der Waals surface area contributed by atoms with Gasteiger partial charge in [-0.2, -0.15) is 0 Å². The number of carbonyl (C=O) groups is 1. The highest BCUT2D eigenvalue weighted by Gasteiger charge is 2.24. The molecule has 1 atom stereocenters. The standard InChI is InChI=1S/C19H31NO3S/c1-5-6-10-13-24(22,23)15-18(21)20-17(14-19(2,3)4)16-11-8-7-9-12-16/h7-9,11-12,17H,5-6,10,13-15H2,1-4H3,(H,20,21). The third-order valence-electron chi connectivity index (χ3n) is 3.76. The number of benzene rings is 1. The quantitative estimate of drug-likeness (QED) is 0.685. The lowest BCUT2D eigenvalue weighted by molar-refractivity contribution is -0.119. The van der Waals surface area contributed by atoms with E-state index in [2.05, 4.69) is 26.1 Å². The molecule has 0 saturated heterocycles. The molecule has 0 fully saturated rings. The van der Waals surface area contributed by atoms with Crippen LogP contribution in [0.2, 0.25) is 0 Å². The molecule has 1 aromatic rings. The average molecular weight is 354 g/mol. The molecule has 0 spiro atoms. The number of rotatable bonds is 9. The third kappa shape index (κ3) is 8.48. The minimum Gasteiger partial charge on any atom is -0.348 e. The molecule has 24 heavy (non-hydrogen) atoms. The zero-order valence-electron chi connectivity index (χ0n) is 15.3. The first kappa shape index (κ1) is 20.7. The van der Waals surface area contributed by atoms with Crippen LogP contribution in [-0.4, -0.2) is 25.8 Å². The Bertz CT molecular complexity index is 603. The second-order valence-electron chi connectivity index (χ2n) is 7.59. The Kier molecular flexibility index (Phi) is 7.94. The largest absolute Gasteiger partial charge is 0.348 e. The Balaban J connectivity index is 2.74. The van der Waals surface area contributed by atoms with Gasteiger partial charge in [-0.1, -0.05) is 70.9 Å². The fraction of sp³-hybridized carbons (Fsp3) is 0.632. The molecule has 1 amide bonds. The van der Waals surface area contributed by atoms with E-state index in [1.54, 1.807) is 0 Å². The molecule has 0 aliphatic heterocycles. The number of hydrogen-bond donors (Lipinski definition) is 1. The molecule has 136 valence electrons. The number of amides is 1. The van der Waals surface area contributed by atoms with E-state index in [-0.39, 0.29) is 17.2 Å². The van der Waals surface area contributed by atoms with Gasteiger partial charge in [-0.05, 0) is 23.8 Å². The van der Waals surface area contributed by atoms with Crippen molar-refractivity contribution in [2.75, 3.05) is 11.5 Å². The molecule has 0 aliphatic rings. The molecule has 1 unspecified atom stereocenters. The Morgan fingerprint density at radius 1 is 1.12 bits per heavy atom. The lowest BCUT2D eigenvalue weighted by Gasteiger charge is -2.27. The van der Waals surface area contributed by atoms with Crippen LogP contribution in [0.3, 0.4) is 0 Å². The van der Waals surface area contributed by atoms with E-state index >= 15 is 0 Å². The molecule has 1 N–H and O–H groups in total. The normalized spacial score (nSPS) is 13.5. The van der Waals surface area contributed by atoms with E-state index in [4.69, 9.17) is 0 Å². The van der Waals surface area contributed by atoms with Gasteiger partial charge in [-0.25, -0.2) is 8.42 Å². The summed E-state index contributed by atoms with van der Waals surface area (Å²) in [6.45, 7) is 8.35. The number of hydrogen-bond acceptors (Lipinski definition) is 3. The highest BCUT2D eigenvalue weighted by Crippen LogP contribution is 2.29. The first-order valence-corrected chi connectivity index (χ1v) is 10.5. The fourth-order valence-corrected chi connectivity index (χ4v) is 3.90. The van der Waals surface area contributed by atoms with Gasteiger partial charge in [0.15, 0.2) is 9.84 Å². The van der Waals surface area contributed by atoms with E-state index in [9.17, 15) is 13.2 Å². The van der Waals surface area contributed by atoms with Crippen LogP contribution in [0.5, 0.6) is 0 Å². The summed E-state index contributed by atoms with van der Waals surface area (Å²) in [5.74, 6) is -0.752. The number of sulfone groups is 1. The molecule has 0 radical (unpaired) electrons. The molecule has 0 bridgehead atoms. The van der Waals surface area contributed by atoms with Gasteiger partial charge in [-0.15, -0.1) is 0 Å². The molecule has 1 aromatic carbocycles. The van der Waals surface area contributed by atoms with Crippen molar-refractivity contribution in [2.45, 2.75) is 59.4 Å². The van der Waals surface area contributed by atoms with Crippen molar-refractivity contribution in [3.05, 3.63) is 35.9 Å². The van der Waals surface area contributed by atoms with Crippen molar-refractivity contribution in [1.29, 1.82) is 0 Å². The second kappa shape index (κ2) is 9.21. The first-order valence-electron chi connectivity index (χ1n) is 8.68. The number of carbonyl (C=O) groups excluding carboxylic acids is 1. The molecule has 0 saturated carbocycles. The van der Waals surface area contributed by atoms with Crippen LogP contribution in [-0.2, 0) is 14.6 Å². The van der Waals surface area contributed by atoms with Gasteiger partial charge < -0.3 is 5.32 Å². The van der Waals surface area contributed by atoms with Crippen LogP contribution < -0.4 is 5.32 Å². The zero-order chi connectivity index (χ0) is 18.2. The maximum absolute atomic E-state index is 12.3. The molecule has 0 aliphatic carbocycles. The van der Waals surface area contributed by atoms with Gasteiger partial charge in [0.05, 0.1) is 11.8 Å². The minimum atomic E-state index is -3.34. The Morgan fingerprint density at radius 2 is 1.75 bits per heavy atom. The van der Waals surface area contributed by atoms with Crippen molar-refractivity contribution in [3.8, 4) is 0 Å². The van der Waals surface area contributed by atoms with E-state index < -0.39 is 21.5 Å². The van der Waals surface area contributed by atoms with Crippen LogP contribution in [0.15, 0.2) is 30.3 Å². The molecule has 1 rings (SSSR count). The van der Waals surface area contributed by atoms with Crippen molar-refractivity contribution in [2.24, 2.45) is 5.41 Å². The van der Waals surface area contributed by atoms with Gasteiger partial charge in [-0.3, -0.25) is 4.79 Å². The SMILES string of the molecule is CCCCCS(=O)(=O)CC(=O)NC(CC(C)(C)C)c1ccccc1. The summed E-state index contributed by atoms with van der Waals surface area (Å²) in [6, 6.07) is 9.54.